The summed E-state index contributed by atoms with van der Waals surface area (Å²) in [6, 6.07) is 6.79. The summed E-state index contributed by atoms with van der Waals surface area (Å²) in [5.41, 5.74) is 4.49. The van der Waals surface area contributed by atoms with Gasteiger partial charge in [0.2, 0.25) is 0 Å². The van der Waals surface area contributed by atoms with Crippen molar-refractivity contribution in [2.24, 2.45) is 11.8 Å². The van der Waals surface area contributed by atoms with Crippen molar-refractivity contribution in [3.05, 3.63) is 29.3 Å². The average molecular weight is 258 g/mol. The third-order valence-electron chi connectivity index (χ3n) is 4.70. The van der Waals surface area contributed by atoms with E-state index < -0.39 is 0 Å². The van der Waals surface area contributed by atoms with Crippen LogP contribution in [0.2, 0.25) is 0 Å². The number of aryl methyl sites for hydroxylation is 1. The molecule has 104 valence electrons. The van der Waals surface area contributed by atoms with Crippen LogP contribution in [-0.4, -0.2) is 26.2 Å². The zero-order valence-corrected chi connectivity index (χ0v) is 12.4. The molecule has 0 amide bonds. The van der Waals surface area contributed by atoms with Crippen LogP contribution >= 0.6 is 0 Å². The van der Waals surface area contributed by atoms with E-state index in [2.05, 4.69) is 49.2 Å². The van der Waals surface area contributed by atoms with Gasteiger partial charge in [-0.1, -0.05) is 32.0 Å². The van der Waals surface area contributed by atoms with Crippen LogP contribution in [0.4, 0.5) is 5.69 Å². The van der Waals surface area contributed by atoms with Crippen LogP contribution in [0.25, 0.3) is 0 Å². The van der Waals surface area contributed by atoms with Gasteiger partial charge in [0.05, 0.1) is 0 Å². The quantitative estimate of drug-likeness (QED) is 0.876. The third kappa shape index (κ3) is 2.51. The van der Waals surface area contributed by atoms with Gasteiger partial charge in [-0.15, -0.1) is 0 Å². The number of nitrogens with zero attached hydrogens (tertiary/aromatic N) is 1. The number of rotatable bonds is 2. The fourth-order valence-electron chi connectivity index (χ4n) is 3.87. The van der Waals surface area contributed by atoms with Crippen LogP contribution in [0.5, 0.6) is 0 Å². The Balaban J connectivity index is 1.93. The predicted molar refractivity (Wildman–Crippen MR) is 81.9 cm³/mol. The Kier molecular flexibility index (Phi) is 3.53. The molecule has 2 aliphatic rings. The van der Waals surface area contributed by atoms with Crippen LogP contribution in [0.1, 0.15) is 37.3 Å². The van der Waals surface area contributed by atoms with Gasteiger partial charge in [-0.3, -0.25) is 0 Å². The Labute approximate surface area is 117 Å². The molecule has 1 aromatic carbocycles. The third-order valence-corrected chi connectivity index (χ3v) is 4.70. The summed E-state index contributed by atoms with van der Waals surface area (Å²) >= 11 is 0. The highest BCUT2D eigenvalue weighted by Crippen LogP contribution is 2.35. The van der Waals surface area contributed by atoms with Gasteiger partial charge in [0, 0.05) is 18.8 Å². The van der Waals surface area contributed by atoms with E-state index in [0.717, 1.165) is 11.8 Å². The molecule has 2 unspecified atom stereocenters. The first-order chi connectivity index (χ1) is 9.15. The van der Waals surface area contributed by atoms with E-state index in [-0.39, 0.29) is 0 Å². The molecule has 0 spiro atoms. The molecule has 1 aromatic rings. The lowest BCUT2D eigenvalue weighted by Gasteiger charge is -2.44. The fraction of sp³-hybridized carbons (Fsp3) is 0.647. The van der Waals surface area contributed by atoms with Gasteiger partial charge in [-0.05, 0) is 55.3 Å². The topological polar surface area (TPSA) is 15.3 Å². The highest BCUT2D eigenvalue weighted by Gasteiger charge is 2.31. The van der Waals surface area contributed by atoms with Gasteiger partial charge in [-0.25, -0.2) is 0 Å². The molecule has 0 aromatic heterocycles. The molecular formula is C17H26N2. The minimum absolute atomic E-state index is 0.606. The Morgan fingerprint density at radius 1 is 1.16 bits per heavy atom. The van der Waals surface area contributed by atoms with E-state index in [9.17, 15) is 0 Å². The summed E-state index contributed by atoms with van der Waals surface area (Å²) < 4.78 is 0. The summed E-state index contributed by atoms with van der Waals surface area (Å²) in [6.45, 7) is 11.8. The molecule has 0 aliphatic carbocycles. The second-order valence-electron chi connectivity index (χ2n) is 6.70. The lowest BCUT2D eigenvalue weighted by Crippen LogP contribution is -2.51. The maximum absolute atomic E-state index is 3.58. The summed E-state index contributed by atoms with van der Waals surface area (Å²) in [6.07, 6.45) is 1.42. The molecule has 0 radical (unpaired) electrons. The molecule has 2 saturated heterocycles. The Morgan fingerprint density at radius 3 is 2.47 bits per heavy atom. The fourth-order valence-corrected chi connectivity index (χ4v) is 3.87. The van der Waals surface area contributed by atoms with E-state index >= 15 is 0 Å². The number of fused-ring (bicyclic) bond motifs is 2. The van der Waals surface area contributed by atoms with E-state index in [4.69, 9.17) is 0 Å². The van der Waals surface area contributed by atoms with Gasteiger partial charge in [0.25, 0.3) is 0 Å². The molecule has 2 heterocycles. The molecule has 2 nitrogen and oxygen atoms in total. The van der Waals surface area contributed by atoms with Crippen molar-refractivity contribution in [2.45, 2.75) is 33.1 Å². The van der Waals surface area contributed by atoms with Crippen molar-refractivity contribution in [1.29, 1.82) is 0 Å². The molecule has 2 fully saturated rings. The molecule has 19 heavy (non-hydrogen) atoms. The first-order valence-corrected chi connectivity index (χ1v) is 7.70. The normalized spacial score (nSPS) is 26.8. The second-order valence-corrected chi connectivity index (χ2v) is 6.70. The Bertz CT molecular complexity index is 441. The number of hydrogen-bond acceptors (Lipinski definition) is 2. The largest absolute Gasteiger partial charge is 0.370 e. The van der Waals surface area contributed by atoms with Gasteiger partial charge >= 0.3 is 0 Å². The Morgan fingerprint density at radius 2 is 1.84 bits per heavy atom. The van der Waals surface area contributed by atoms with Crippen molar-refractivity contribution >= 4 is 5.69 Å². The van der Waals surface area contributed by atoms with Crippen molar-refractivity contribution in [1.82, 2.24) is 5.32 Å². The van der Waals surface area contributed by atoms with Gasteiger partial charge < -0.3 is 10.2 Å². The van der Waals surface area contributed by atoms with E-state index in [0.29, 0.717) is 5.92 Å². The minimum atomic E-state index is 0.606. The molecule has 2 atom stereocenters. The summed E-state index contributed by atoms with van der Waals surface area (Å²) in [4.78, 5) is 2.67. The number of anilines is 1. The first kappa shape index (κ1) is 13.0. The molecule has 3 rings (SSSR count). The lowest BCUT2D eigenvalue weighted by molar-refractivity contribution is 0.249. The number of piperidine rings is 2. The minimum Gasteiger partial charge on any atom is -0.370 e. The SMILES string of the molecule is Cc1cccc(C(C)C)c1N1CC2CNCC(C2)C1. The van der Waals surface area contributed by atoms with Gasteiger partial charge in [0.1, 0.15) is 0 Å². The second kappa shape index (κ2) is 5.16. The maximum atomic E-state index is 3.58. The average Bonchev–Trinajstić information content (AvgIpc) is 2.37. The number of para-hydroxylation sites is 1. The molecular weight excluding hydrogens is 232 g/mol. The summed E-state index contributed by atoms with van der Waals surface area (Å²) in [7, 11) is 0. The highest BCUT2D eigenvalue weighted by molar-refractivity contribution is 5.61. The zero-order valence-electron chi connectivity index (χ0n) is 12.4. The van der Waals surface area contributed by atoms with Crippen LogP contribution < -0.4 is 10.2 Å². The number of hydrogen-bond donors (Lipinski definition) is 1. The van der Waals surface area contributed by atoms with Crippen LogP contribution in [-0.2, 0) is 0 Å². The summed E-state index contributed by atoms with van der Waals surface area (Å²) in [5, 5.41) is 3.58. The summed E-state index contributed by atoms with van der Waals surface area (Å²) in [5.74, 6) is 2.29. The number of benzene rings is 1. The Hall–Kier alpha value is -1.02. The van der Waals surface area contributed by atoms with Crippen molar-refractivity contribution in [3.8, 4) is 0 Å². The monoisotopic (exact) mass is 258 g/mol. The van der Waals surface area contributed by atoms with Crippen LogP contribution in [0.3, 0.4) is 0 Å². The standard InChI is InChI=1S/C17H26N2/c1-12(2)16-6-4-5-13(3)17(16)19-10-14-7-15(11-19)9-18-8-14/h4-6,12,14-15,18H,7-11H2,1-3H3. The zero-order chi connectivity index (χ0) is 13.4. The van der Waals surface area contributed by atoms with E-state index in [1.807, 2.05) is 0 Å². The van der Waals surface area contributed by atoms with Gasteiger partial charge in [-0.2, -0.15) is 0 Å². The molecule has 0 saturated carbocycles. The predicted octanol–water partition coefficient (Wildman–Crippen LogP) is 3.16. The van der Waals surface area contributed by atoms with Crippen molar-refractivity contribution < 1.29 is 0 Å². The van der Waals surface area contributed by atoms with Crippen LogP contribution in [0, 0.1) is 18.8 Å². The lowest BCUT2D eigenvalue weighted by atomic mass is 9.84. The van der Waals surface area contributed by atoms with Crippen LogP contribution in [0.15, 0.2) is 18.2 Å². The molecule has 1 N–H and O–H groups in total. The number of nitrogens with one attached hydrogen (secondary N) is 1. The van der Waals surface area contributed by atoms with Gasteiger partial charge in [0.15, 0.2) is 0 Å². The maximum Gasteiger partial charge on any atom is 0.0431 e. The molecule has 2 bridgehead atoms. The van der Waals surface area contributed by atoms with E-state index in [1.54, 1.807) is 0 Å². The van der Waals surface area contributed by atoms with E-state index in [1.165, 1.54) is 49.4 Å². The molecule has 2 heteroatoms. The first-order valence-electron chi connectivity index (χ1n) is 7.70. The van der Waals surface area contributed by atoms with Crippen molar-refractivity contribution in [3.63, 3.8) is 0 Å². The van der Waals surface area contributed by atoms with Crippen molar-refractivity contribution in [2.75, 3.05) is 31.1 Å². The highest BCUT2D eigenvalue weighted by atomic mass is 15.2. The smallest absolute Gasteiger partial charge is 0.0431 e. The molecule has 2 aliphatic heterocycles.